The predicted molar refractivity (Wildman–Crippen MR) is 131 cm³/mol. The number of halogens is 1. The first-order valence-electron chi connectivity index (χ1n) is 10.8. The van der Waals surface area contributed by atoms with Crippen molar-refractivity contribution < 1.29 is 4.84 Å². The molecule has 166 valence electrons. The number of para-hydroxylation sites is 2. The smallest absolute Gasteiger partial charge is 0.121 e. The Morgan fingerprint density at radius 1 is 1.00 bits per heavy atom. The van der Waals surface area contributed by atoms with E-state index in [1.165, 1.54) is 16.8 Å². The number of benzene rings is 2. The standard InChI is InChI=1S/C25H27N5O.BrH/c26-31-17-20-8-2-1-7-19(20)15-30(16-24-28-21-11-3-4-12-22(21)29-24)23-13-5-9-18-10-6-14-27-25(18)23;/h1-4,6-8,10-12,14,23H,5,9,13,15-17,26H2,(H,28,29);1H. The molecule has 7 heteroatoms. The van der Waals surface area contributed by atoms with Crippen LogP contribution in [0.3, 0.4) is 0 Å². The van der Waals surface area contributed by atoms with E-state index in [1.807, 2.05) is 36.5 Å². The molecule has 0 saturated heterocycles. The summed E-state index contributed by atoms with van der Waals surface area (Å²) in [7, 11) is 0. The highest BCUT2D eigenvalue weighted by Gasteiger charge is 2.28. The summed E-state index contributed by atoms with van der Waals surface area (Å²) in [5, 5.41) is 0. The summed E-state index contributed by atoms with van der Waals surface area (Å²) in [6.07, 6.45) is 5.25. The monoisotopic (exact) mass is 493 g/mol. The lowest BCUT2D eigenvalue weighted by Gasteiger charge is -2.35. The maximum absolute atomic E-state index is 5.39. The molecule has 1 unspecified atom stereocenters. The van der Waals surface area contributed by atoms with Gasteiger partial charge < -0.3 is 4.98 Å². The van der Waals surface area contributed by atoms with Crippen LogP contribution >= 0.6 is 17.0 Å². The first kappa shape index (κ1) is 22.6. The summed E-state index contributed by atoms with van der Waals surface area (Å²) in [5.41, 5.74) is 6.93. The van der Waals surface area contributed by atoms with Gasteiger partial charge in [0.2, 0.25) is 0 Å². The second-order valence-electron chi connectivity index (χ2n) is 8.14. The number of aromatic amines is 1. The second kappa shape index (κ2) is 10.4. The highest BCUT2D eigenvalue weighted by Crippen LogP contribution is 2.35. The Morgan fingerprint density at radius 2 is 1.81 bits per heavy atom. The van der Waals surface area contributed by atoms with Crippen molar-refractivity contribution in [2.24, 2.45) is 5.90 Å². The van der Waals surface area contributed by atoms with Crippen molar-refractivity contribution in [2.75, 3.05) is 0 Å². The zero-order valence-electron chi connectivity index (χ0n) is 17.9. The van der Waals surface area contributed by atoms with Crippen LogP contribution in [0, 0.1) is 0 Å². The maximum atomic E-state index is 5.39. The van der Waals surface area contributed by atoms with Crippen LogP contribution in [0.2, 0.25) is 0 Å². The molecule has 0 bridgehead atoms. The average Bonchev–Trinajstić information content (AvgIpc) is 3.22. The van der Waals surface area contributed by atoms with Gasteiger partial charge in [-0.15, -0.1) is 17.0 Å². The zero-order chi connectivity index (χ0) is 21.0. The third-order valence-corrected chi connectivity index (χ3v) is 6.13. The SMILES string of the molecule is Br.NOCc1ccccc1CN(Cc1nc2ccccc2[nH]1)C1CCCc2cccnc21. The van der Waals surface area contributed by atoms with Gasteiger partial charge in [-0.1, -0.05) is 42.5 Å². The molecule has 5 rings (SSSR count). The molecular formula is C25H28BrN5O. The number of nitrogens with zero attached hydrogens (tertiary/aromatic N) is 3. The summed E-state index contributed by atoms with van der Waals surface area (Å²) in [6, 6.07) is 21.0. The summed E-state index contributed by atoms with van der Waals surface area (Å²) in [5.74, 6) is 6.36. The highest BCUT2D eigenvalue weighted by atomic mass is 79.9. The number of fused-ring (bicyclic) bond motifs is 2. The summed E-state index contributed by atoms with van der Waals surface area (Å²) < 4.78 is 0. The molecule has 0 fully saturated rings. The summed E-state index contributed by atoms with van der Waals surface area (Å²) >= 11 is 0. The number of H-pyrrole nitrogens is 1. The molecule has 0 aliphatic heterocycles. The van der Waals surface area contributed by atoms with Crippen molar-refractivity contribution in [3.05, 3.63) is 95.1 Å². The van der Waals surface area contributed by atoms with E-state index in [1.54, 1.807) is 0 Å². The van der Waals surface area contributed by atoms with Crippen LogP contribution in [0.1, 0.15) is 47.1 Å². The molecule has 0 amide bonds. The fraction of sp³-hybridized carbons (Fsp3) is 0.280. The van der Waals surface area contributed by atoms with Gasteiger partial charge >= 0.3 is 0 Å². The Kier molecular flexibility index (Phi) is 7.32. The Hall–Kier alpha value is -2.58. The normalized spacial score (nSPS) is 15.5. The lowest BCUT2D eigenvalue weighted by Crippen LogP contribution is -2.32. The van der Waals surface area contributed by atoms with Crippen molar-refractivity contribution in [1.82, 2.24) is 19.9 Å². The minimum atomic E-state index is 0. The first-order valence-corrected chi connectivity index (χ1v) is 10.8. The zero-order valence-corrected chi connectivity index (χ0v) is 19.6. The molecule has 0 radical (unpaired) electrons. The van der Waals surface area contributed by atoms with E-state index in [0.717, 1.165) is 48.2 Å². The van der Waals surface area contributed by atoms with Gasteiger partial charge in [0.05, 0.1) is 35.9 Å². The molecule has 2 aromatic heterocycles. The number of hydrogen-bond donors (Lipinski definition) is 2. The molecule has 0 saturated carbocycles. The quantitative estimate of drug-likeness (QED) is 0.354. The molecule has 32 heavy (non-hydrogen) atoms. The molecule has 1 atom stereocenters. The number of hydrogen-bond acceptors (Lipinski definition) is 5. The van der Waals surface area contributed by atoms with Gasteiger partial charge in [-0.2, -0.15) is 0 Å². The predicted octanol–water partition coefficient (Wildman–Crippen LogP) is 5.01. The first-order chi connectivity index (χ1) is 15.3. The minimum absolute atomic E-state index is 0. The number of nitrogens with one attached hydrogen (secondary N) is 1. The van der Waals surface area contributed by atoms with Gasteiger partial charge in [0.15, 0.2) is 0 Å². The fourth-order valence-electron chi connectivity index (χ4n) is 4.65. The maximum Gasteiger partial charge on any atom is 0.121 e. The number of nitrogens with two attached hydrogens (primary N) is 1. The van der Waals surface area contributed by atoms with E-state index in [2.05, 4.69) is 40.2 Å². The van der Waals surface area contributed by atoms with Crippen LogP contribution in [0.5, 0.6) is 0 Å². The van der Waals surface area contributed by atoms with Crippen molar-refractivity contribution >= 4 is 28.0 Å². The number of imidazole rings is 1. The molecule has 2 aromatic carbocycles. The van der Waals surface area contributed by atoms with Crippen LogP contribution in [-0.2, 0) is 31.0 Å². The Labute approximate surface area is 198 Å². The highest BCUT2D eigenvalue weighted by molar-refractivity contribution is 8.93. The van der Waals surface area contributed by atoms with Crippen LogP contribution in [0.4, 0.5) is 0 Å². The molecule has 2 heterocycles. The van der Waals surface area contributed by atoms with Crippen molar-refractivity contribution in [1.29, 1.82) is 0 Å². The van der Waals surface area contributed by atoms with Gasteiger partial charge in [-0.25, -0.2) is 10.9 Å². The lowest BCUT2D eigenvalue weighted by molar-refractivity contribution is 0.120. The summed E-state index contributed by atoms with van der Waals surface area (Å²) in [6.45, 7) is 1.89. The number of rotatable bonds is 7. The topological polar surface area (TPSA) is 80.1 Å². The molecule has 3 N–H and O–H groups in total. The molecule has 4 aromatic rings. The second-order valence-corrected chi connectivity index (χ2v) is 8.14. The molecule has 1 aliphatic carbocycles. The minimum Gasteiger partial charge on any atom is -0.341 e. The van der Waals surface area contributed by atoms with Crippen LogP contribution in [0.15, 0.2) is 66.9 Å². The number of aromatic nitrogens is 3. The Morgan fingerprint density at radius 3 is 2.66 bits per heavy atom. The largest absolute Gasteiger partial charge is 0.341 e. The Bertz CT molecular complexity index is 1140. The average molecular weight is 494 g/mol. The van der Waals surface area contributed by atoms with Gasteiger partial charge in [0.25, 0.3) is 0 Å². The lowest BCUT2D eigenvalue weighted by atomic mass is 9.90. The van der Waals surface area contributed by atoms with Gasteiger partial charge in [-0.3, -0.25) is 14.7 Å². The third kappa shape index (κ3) is 4.76. The number of aryl methyl sites for hydroxylation is 1. The van der Waals surface area contributed by atoms with E-state index in [-0.39, 0.29) is 23.0 Å². The van der Waals surface area contributed by atoms with E-state index in [9.17, 15) is 0 Å². The van der Waals surface area contributed by atoms with Crippen LogP contribution in [0.25, 0.3) is 11.0 Å². The molecule has 0 spiro atoms. The number of pyridine rings is 1. The van der Waals surface area contributed by atoms with E-state index in [4.69, 9.17) is 20.7 Å². The fourth-order valence-corrected chi connectivity index (χ4v) is 4.65. The van der Waals surface area contributed by atoms with Crippen molar-refractivity contribution in [2.45, 2.75) is 45.0 Å². The molecule has 1 aliphatic rings. The molecular weight excluding hydrogens is 466 g/mol. The third-order valence-electron chi connectivity index (χ3n) is 6.13. The van der Waals surface area contributed by atoms with E-state index < -0.39 is 0 Å². The molecule has 6 nitrogen and oxygen atoms in total. The van der Waals surface area contributed by atoms with Crippen molar-refractivity contribution in [3.8, 4) is 0 Å². The van der Waals surface area contributed by atoms with Crippen molar-refractivity contribution in [3.63, 3.8) is 0 Å². The Balaban J connectivity index is 0.00000245. The van der Waals surface area contributed by atoms with Crippen LogP contribution in [-0.4, -0.2) is 19.9 Å². The van der Waals surface area contributed by atoms with Gasteiger partial charge in [0.1, 0.15) is 5.82 Å². The van der Waals surface area contributed by atoms with Gasteiger partial charge in [-0.05, 0) is 54.2 Å². The summed E-state index contributed by atoms with van der Waals surface area (Å²) in [4.78, 5) is 20.6. The van der Waals surface area contributed by atoms with E-state index >= 15 is 0 Å². The van der Waals surface area contributed by atoms with E-state index in [0.29, 0.717) is 13.2 Å². The van der Waals surface area contributed by atoms with Gasteiger partial charge in [0, 0.05) is 12.7 Å². The van der Waals surface area contributed by atoms with Crippen LogP contribution < -0.4 is 5.90 Å².